The molecule has 5 heteroatoms. The van der Waals surface area contributed by atoms with Gasteiger partial charge in [-0.25, -0.2) is 0 Å². The number of carbonyl (C=O) groups is 1. The molecule has 0 fully saturated rings. The molecule has 1 rings (SSSR count). The molecule has 0 spiro atoms. The first kappa shape index (κ1) is 9.44. The first-order valence-electron chi connectivity index (χ1n) is 3.65. The SMILES string of the molecule is COc1cc(C(C)=O)c(OC)nn1. The number of methoxy groups -OCH3 is 2. The molecule has 0 amide bonds. The van der Waals surface area contributed by atoms with Crippen molar-refractivity contribution in [1.29, 1.82) is 0 Å². The zero-order valence-electron chi connectivity index (χ0n) is 7.70. The van der Waals surface area contributed by atoms with E-state index in [0.717, 1.165) is 0 Å². The Morgan fingerprint density at radius 1 is 1.31 bits per heavy atom. The molecule has 13 heavy (non-hydrogen) atoms. The smallest absolute Gasteiger partial charge is 0.244 e. The zero-order chi connectivity index (χ0) is 9.84. The lowest BCUT2D eigenvalue weighted by Crippen LogP contribution is -2.02. The lowest BCUT2D eigenvalue weighted by atomic mass is 10.2. The van der Waals surface area contributed by atoms with Crippen LogP contribution in [0.2, 0.25) is 0 Å². The van der Waals surface area contributed by atoms with Gasteiger partial charge in [0.05, 0.1) is 19.8 Å². The lowest BCUT2D eigenvalue weighted by molar-refractivity contribution is 0.101. The van der Waals surface area contributed by atoms with Gasteiger partial charge in [0, 0.05) is 6.07 Å². The molecular weight excluding hydrogens is 172 g/mol. The molecule has 1 heterocycles. The first-order valence-corrected chi connectivity index (χ1v) is 3.65. The van der Waals surface area contributed by atoms with Gasteiger partial charge in [-0.15, -0.1) is 10.2 Å². The minimum atomic E-state index is -0.134. The summed E-state index contributed by atoms with van der Waals surface area (Å²) < 4.78 is 9.68. The van der Waals surface area contributed by atoms with Crippen molar-refractivity contribution in [3.63, 3.8) is 0 Å². The van der Waals surface area contributed by atoms with Crippen LogP contribution < -0.4 is 9.47 Å². The van der Waals surface area contributed by atoms with E-state index >= 15 is 0 Å². The van der Waals surface area contributed by atoms with Crippen molar-refractivity contribution in [3.05, 3.63) is 11.6 Å². The van der Waals surface area contributed by atoms with Gasteiger partial charge in [-0.2, -0.15) is 0 Å². The summed E-state index contributed by atoms with van der Waals surface area (Å²) in [5.74, 6) is 0.379. The maximum absolute atomic E-state index is 11.1. The minimum absolute atomic E-state index is 0.134. The number of Topliss-reactive ketones (excluding diaryl/α,β-unsaturated/α-hetero) is 1. The third kappa shape index (κ3) is 1.93. The quantitative estimate of drug-likeness (QED) is 0.644. The average molecular weight is 182 g/mol. The minimum Gasteiger partial charge on any atom is -0.480 e. The van der Waals surface area contributed by atoms with E-state index in [1.165, 1.54) is 27.2 Å². The monoisotopic (exact) mass is 182 g/mol. The van der Waals surface area contributed by atoms with Crippen molar-refractivity contribution in [2.24, 2.45) is 0 Å². The number of carbonyl (C=O) groups excluding carboxylic acids is 1. The fourth-order valence-electron chi connectivity index (χ4n) is 0.865. The second-order valence-electron chi connectivity index (χ2n) is 2.37. The number of ether oxygens (including phenoxy) is 2. The summed E-state index contributed by atoms with van der Waals surface area (Å²) in [5, 5.41) is 7.33. The van der Waals surface area contributed by atoms with Crippen LogP contribution in [0.25, 0.3) is 0 Å². The number of nitrogens with zero attached hydrogens (tertiary/aromatic N) is 2. The topological polar surface area (TPSA) is 61.3 Å². The van der Waals surface area contributed by atoms with Crippen LogP contribution in [-0.2, 0) is 0 Å². The first-order chi connectivity index (χ1) is 6.19. The highest BCUT2D eigenvalue weighted by Gasteiger charge is 2.11. The van der Waals surface area contributed by atoms with Crippen LogP contribution in [-0.4, -0.2) is 30.2 Å². The molecule has 70 valence electrons. The molecule has 0 aliphatic rings. The van der Waals surface area contributed by atoms with Crippen LogP contribution in [0.4, 0.5) is 0 Å². The van der Waals surface area contributed by atoms with Crippen molar-refractivity contribution in [1.82, 2.24) is 10.2 Å². The highest BCUT2D eigenvalue weighted by Crippen LogP contribution is 2.18. The van der Waals surface area contributed by atoms with Crippen LogP contribution in [0.3, 0.4) is 0 Å². The van der Waals surface area contributed by atoms with Crippen molar-refractivity contribution in [2.45, 2.75) is 6.92 Å². The maximum Gasteiger partial charge on any atom is 0.244 e. The number of hydrogen-bond donors (Lipinski definition) is 0. The van der Waals surface area contributed by atoms with Crippen LogP contribution in [0.15, 0.2) is 6.07 Å². The highest BCUT2D eigenvalue weighted by atomic mass is 16.5. The molecule has 0 saturated carbocycles. The number of ketones is 1. The van der Waals surface area contributed by atoms with Crippen LogP contribution in [0.5, 0.6) is 11.8 Å². The van der Waals surface area contributed by atoms with Crippen molar-refractivity contribution in [2.75, 3.05) is 14.2 Å². The van der Waals surface area contributed by atoms with Crippen LogP contribution >= 0.6 is 0 Å². The predicted octanol–water partition coefficient (Wildman–Crippen LogP) is 0.696. The van der Waals surface area contributed by atoms with Crippen molar-refractivity contribution >= 4 is 5.78 Å². The van der Waals surface area contributed by atoms with E-state index in [1.54, 1.807) is 0 Å². The fraction of sp³-hybridized carbons (Fsp3) is 0.375. The molecule has 0 bridgehead atoms. The van der Waals surface area contributed by atoms with E-state index in [1.807, 2.05) is 0 Å². The van der Waals surface area contributed by atoms with Gasteiger partial charge in [-0.3, -0.25) is 4.79 Å². The lowest BCUT2D eigenvalue weighted by Gasteiger charge is -2.04. The van der Waals surface area contributed by atoms with Gasteiger partial charge in [0.2, 0.25) is 11.8 Å². The van der Waals surface area contributed by atoms with E-state index in [9.17, 15) is 4.79 Å². The molecule has 1 aromatic heterocycles. The molecule has 0 unspecified atom stereocenters. The Labute approximate surface area is 75.7 Å². The largest absolute Gasteiger partial charge is 0.480 e. The van der Waals surface area contributed by atoms with Crippen LogP contribution in [0, 0.1) is 0 Å². The highest BCUT2D eigenvalue weighted by molar-refractivity contribution is 5.96. The molecule has 0 saturated heterocycles. The molecule has 0 aliphatic carbocycles. The predicted molar refractivity (Wildman–Crippen MR) is 45.1 cm³/mol. The molecule has 0 atom stereocenters. The molecule has 5 nitrogen and oxygen atoms in total. The molecule has 1 aromatic rings. The van der Waals surface area contributed by atoms with Gasteiger partial charge >= 0.3 is 0 Å². The summed E-state index contributed by atoms with van der Waals surface area (Å²) in [7, 11) is 2.89. The van der Waals surface area contributed by atoms with Gasteiger partial charge in [0.1, 0.15) is 0 Å². The van der Waals surface area contributed by atoms with Gasteiger partial charge in [0.15, 0.2) is 5.78 Å². The fourth-order valence-corrected chi connectivity index (χ4v) is 0.865. The van der Waals surface area contributed by atoms with Crippen LogP contribution in [0.1, 0.15) is 17.3 Å². The molecule has 0 radical (unpaired) electrons. The van der Waals surface area contributed by atoms with E-state index in [-0.39, 0.29) is 11.7 Å². The Morgan fingerprint density at radius 3 is 2.46 bits per heavy atom. The number of hydrogen-bond acceptors (Lipinski definition) is 5. The summed E-state index contributed by atoms with van der Waals surface area (Å²) in [6, 6.07) is 1.49. The summed E-state index contributed by atoms with van der Waals surface area (Å²) in [4.78, 5) is 11.1. The third-order valence-electron chi connectivity index (χ3n) is 1.52. The van der Waals surface area contributed by atoms with E-state index in [0.29, 0.717) is 11.4 Å². The Balaban J connectivity index is 3.18. The third-order valence-corrected chi connectivity index (χ3v) is 1.52. The van der Waals surface area contributed by atoms with Crippen molar-refractivity contribution in [3.8, 4) is 11.8 Å². The summed E-state index contributed by atoms with van der Waals surface area (Å²) in [6.45, 7) is 1.43. The van der Waals surface area contributed by atoms with Crippen molar-refractivity contribution < 1.29 is 14.3 Å². The van der Waals surface area contributed by atoms with E-state index < -0.39 is 0 Å². The summed E-state index contributed by atoms with van der Waals surface area (Å²) in [6.07, 6.45) is 0. The zero-order valence-corrected chi connectivity index (χ0v) is 7.70. The van der Waals surface area contributed by atoms with E-state index in [4.69, 9.17) is 9.47 Å². The maximum atomic E-state index is 11.1. The van der Waals surface area contributed by atoms with Gasteiger partial charge < -0.3 is 9.47 Å². The number of rotatable bonds is 3. The Morgan fingerprint density at radius 2 is 2.00 bits per heavy atom. The van der Waals surface area contributed by atoms with Gasteiger partial charge in [-0.1, -0.05) is 0 Å². The second-order valence-corrected chi connectivity index (χ2v) is 2.37. The second kappa shape index (κ2) is 3.84. The Bertz CT molecular complexity index is 325. The normalized spacial score (nSPS) is 9.46. The molecule has 0 N–H and O–H groups in total. The average Bonchev–Trinajstić information content (AvgIpc) is 2.16. The van der Waals surface area contributed by atoms with Gasteiger partial charge in [0.25, 0.3) is 0 Å². The molecular formula is C8H10N2O3. The number of aromatic nitrogens is 2. The Hall–Kier alpha value is -1.65. The Kier molecular flexibility index (Phi) is 2.79. The molecule has 0 aliphatic heterocycles. The van der Waals surface area contributed by atoms with Gasteiger partial charge in [-0.05, 0) is 6.92 Å². The summed E-state index contributed by atoms with van der Waals surface area (Å²) >= 11 is 0. The van der Waals surface area contributed by atoms with E-state index in [2.05, 4.69) is 10.2 Å². The molecule has 0 aromatic carbocycles. The summed E-state index contributed by atoms with van der Waals surface area (Å²) in [5.41, 5.74) is 0.370. The standard InChI is InChI=1S/C8H10N2O3/c1-5(11)6-4-7(12-2)9-10-8(6)13-3/h4H,1-3H3.